The van der Waals surface area contributed by atoms with Crippen LogP contribution in [0, 0.1) is 0 Å². The molecular formula is C7H6BF4NTe. The summed E-state index contributed by atoms with van der Waals surface area (Å²) in [4.78, 5) is 0. The summed E-state index contributed by atoms with van der Waals surface area (Å²) in [7, 11) is -6.00. The van der Waals surface area contributed by atoms with Gasteiger partial charge in [-0.15, -0.1) is 0 Å². The van der Waals surface area contributed by atoms with Crippen LogP contribution in [-0.4, -0.2) is 28.0 Å². The second-order valence-corrected chi connectivity index (χ2v) is 4.91. The van der Waals surface area contributed by atoms with Crippen LogP contribution in [0.15, 0.2) is 30.5 Å². The first-order valence-electron chi connectivity index (χ1n) is 3.69. The standard InChI is InChI=1S/C7H5NTe.BF4/c1-2-4-7-6(3-1)5-8-9-7;2-1(3,4)5/h1-5H;/q;-1/p+1. The summed E-state index contributed by atoms with van der Waals surface area (Å²) in [6.45, 7) is 0. The topological polar surface area (TPSA) is 14.1 Å². The number of aromatic amines is 1. The summed E-state index contributed by atoms with van der Waals surface area (Å²) in [5, 5.41) is 1.39. The maximum absolute atomic E-state index is 9.75. The van der Waals surface area contributed by atoms with E-state index in [4.69, 9.17) is 0 Å². The van der Waals surface area contributed by atoms with Crippen LogP contribution in [-0.2, 0) is 0 Å². The predicted molar refractivity (Wildman–Crippen MR) is 47.6 cm³/mol. The summed E-state index contributed by atoms with van der Waals surface area (Å²) in [6.07, 6.45) is 2.11. The Balaban J connectivity index is 0.000000171. The summed E-state index contributed by atoms with van der Waals surface area (Å²) in [5.41, 5.74) is 0. The number of hydrogen-bond acceptors (Lipinski definition) is 0. The summed E-state index contributed by atoms with van der Waals surface area (Å²) in [5.74, 6) is 0. The van der Waals surface area contributed by atoms with Gasteiger partial charge in [0.25, 0.3) is 0 Å². The van der Waals surface area contributed by atoms with E-state index in [1.54, 1.807) is 0 Å². The second-order valence-electron chi connectivity index (χ2n) is 2.40. The van der Waals surface area contributed by atoms with Gasteiger partial charge in [0, 0.05) is 0 Å². The zero-order valence-corrected chi connectivity index (χ0v) is 9.21. The van der Waals surface area contributed by atoms with Crippen molar-refractivity contribution in [3.63, 3.8) is 0 Å². The Morgan fingerprint density at radius 3 is 2.21 bits per heavy atom. The molecule has 0 bridgehead atoms. The zero-order valence-electron chi connectivity index (χ0n) is 6.88. The number of fused-ring (bicyclic) bond motifs is 1. The molecule has 1 heterocycles. The molecule has 0 aliphatic rings. The molecule has 1 nitrogen and oxygen atoms in total. The average Bonchev–Trinajstić information content (AvgIpc) is 2.47. The monoisotopic (exact) mass is 321 g/mol. The summed E-state index contributed by atoms with van der Waals surface area (Å²) >= 11 is -0.0429. The maximum atomic E-state index is 9.75. The quantitative estimate of drug-likeness (QED) is 0.521. The Morgan fingerprint density at radius 1 is 1.07 bits per heavy atom. The molecule has 0 atom stereocenters. The van der Waals surface area contributed by atoms with Crippen LogP contribution < -0.4 is 3.21 Å². The van der Waals surface area contributed by atoms with Gasteiger partial charge in [-0.05, 0) is 0 Å². The first kappa shape index (κ1) is 11.5. The molecule has 7 heteroatoms. The van der Waals surface area contributed by atoms with E-state index < -0.39 is 7.25 Å². The number of halogens is 4. The fourth-order valence-corrected chi connectivity index (χ4v) is 2.86. The van der Waals surface area contributed by atoms with Gasteiger partial charge < -0.3 is 17.3 Å². The van der Waals surface area contributed by atoms with Crippen LogP contribution in [0.3, 0.4) is 0 Å². The van der Waals surface area contributed by atoms with E-state index in [0.29, 0.717) is 0 Å². The minimum absolute atomic E-state index is 0.0429. The van der Waals surface area contributed by atoms with Crippen LogP contribution in [0.4, 0.5) is 17.3 Å². The first-order chi connectivity index (χ1) is 6.47. The molecule has 0 unspecified atom stereocenters. The third-order valence-electron chi connectivity index (χ3n) is 1.30. The Kier molecular flexibility index (Phi) is 3.96. The molecule has 2 aromatic rings. The van der Waals surface area contributed by atoms with Gasteiger partial charge in [-0.2, -0.15) is 0 Å². The SMILES string of the molecule is F[B-](F)(F)F.c1ccc2[te][nH+]cc2c1. The van der Waals surface area contributed by atoms with Gasteiger partial charge in [0.1, 0.15) is 0 Å². The summed E-state index contributed by atoms with van der Waals surface area (Å²) < 4.78 is 43.8. The van der Waals surface area contributed by atoms with E-state index in [9.17, 15) is 17.3 Å². The van der Waals surface area contributed by atoms with Crippen LogP contribution >= 0.6 is 0 Å². The molecule has 1 aromatic carbocycles. The Hall–Kier alpha value is -0.535. The van der Waals surface area contributed by atoms with Gasteiger partial charge >= 0.3 is 70.4 Å². The second kappa shape index (κ2) is 4.81. The van der Waals surface area contributed by atoms with Crippen LogP contribution in [0.25, 0.3) is 8.79 Å². The minimum atomic E-state index is -6.00. The molecule has 0 amide bonds. The molecule has 1 N–H and O–H groups in total. The normalized spacial score (nSPS) is 10.9. The van der Waals surface area contributed by atoms with Crippen molar-refractivity contribution in [1.29, 1.82) is 0 Å². The van der Waals surface area contributed by atoms with Crippen LogP contribution in [0.2, 0.25) is 0 Å². The molecule has 0 aliphatic heterocycles. The Labute approximate surface area is 87.8 Å². The van der Waals surface area contributed by atoms with Crippen LogP contribution in [0.5, 0.6) is 0 Å². The fraction of sp³-hybridized carbons (Fsp3) is 0. The third kappa shape index (κ3) is 4.63. The molecule has 0 saturated carbocycles. The van der Waals surface area contributed by atoms with Gasteiger partial charge in [-0.1, -0.05) is 0 Å². The number of hydrogen-bond donors (Lipinski definition) is 0. The van der Waals surface area contributed by atoms with Crippen molar-refractivity contribution < 1.29 is 20.5 Å². The number of benzene rings is 1. The average molecular weight is 319 g/mol. The molecule has 0 fully saturated rings. The van der Waals surface area contributed by atoms with E-state index >= 15 is 0 Å². The van der Waals surface area contributed by atoms with Crippen molar-refractivity contribution in [2.75, 3.05) is 0 Å². The number of H-pyrrole nitrogens is 1. The van der Waals surface area contributed by atoms with Crippen molar-refractivity contribution in [2.24, 2.45) is 0 Å². The molecule has 0 radical (unpaired) electrons. The van der Waals surface area contributed by atoms with Crippen molar-refractivity contribution in [3.05, 3.63) is 30.5 Å². The van der Waals surface area contributed by atoms with Crippen molar-refractivity contribution in [2.45, 2.75) is 0 Å². The van der Waals surface area contributed by atoms with E-state index in [-0.39, 0.29) is 20.7 Å². The molecule has 14 heavy (non-hydrogen) atoms. The van der Waals surface area contributed by atoms with Gasteiger partial charge in [-0.25, -0.2) is 0 Å². The molecular weight excluding hydrogens is 312 g/mol. The fourth-order valence-electron chi connectivity index (χ4n) is 0.849. The van der Waals surface area contributed by atoms with Gasteiger partial charge in [0.2, 0.25) is 0 Å². The molecule has 0 aliphatic carbocycles. The van der Waals surface area contributed by atoms with E-state index in [0.717, 1.165) is 0 Å². The van der Waals surface area contributed by atoms with Crippen molar-refractivity contribution in [3.8, 4) is 0 Å². The molecule has 0 spiro atoms. The predicted octanol–water partition coefficient (Wildman–Crippen LogP) is 2.01. The molecule has 1 aromatic heterocycles. The molecule has 76 valence electrons. The Morgan fingerprint density at radius 2 is 1.64 bits per heavy atom. The third-order valence-corrected chi connectivity index (χ3v) is 3.66. The van der Waals surface area contributed by atoms with Gasteiger partial charge in [-0.3, -0.25) is 0 Å². The van der Waals surface area contributed by atoms with E-state index in [1.165, 1.54) is 8.79 Å². The van der Waals surface area contributed by atoms with Crippen molar-refractivity contribution in [1.82, 2.24) is 0 Å². The van der Waals surface area contributed by atoms with E-state index in [1.807, 2.05) is 0 Å². The molecule has 2 rings (SSSR count). The zero-order chi connectivity index (χ0) is 10.6. The van der Waals surface area contributed by atoms with Gasteiger partial charge in [0.05, 0.1) is 0 Å². The number of aromatic nitrogens is 1. The number of rotatable bonds is 0. The number of nitrogens with one attached hydrogen (secondary N) is 1. The Bertz CT molecular complexity index is 363. The van der Waals surface area contributed by atoms with Crippen molar-refractivity contribution >= 4 is 36.8 Å². The van der Waals surface area contributed by atoms with Crippen LogP contribution in [0.1, 0.15) is 0 Å². The molecule has 0 saturated heterocycles. The van der Waals surface area contributed by atoms with E-state index in [2.05, 4.69) is 33.7 Å². The summed E-state index contributed by atoms with van der Waals surface area (Å²) in [6, 6.07) is 8.54. The first-order valence-corrected chi connectivity index (χ1v) is 6.02. The van der Waals surface area contributed by atoms with Gasteiger partial charge in [0.15, 0.2) is 0 Å².